The smallest absolute Gasteiger partial charge is 0.292 e. The highest BCUT2D eigenvalue weighted by Crippen LogP contribution is 2.31. The fourth-order valence-corrected chi connectivity index (χ4v) is 3.17. The first-order chi connectivity index (χ1) is 11.6. The average molecular weight is 347 g/mol. The molecule has 0 aliphatic carbocycles. The summed E-state index contributed by atoms with van der Waals surface area (Å²) in [4.78, 5) is 21.8. The zero-order valence-electron chi connectivity index (χ0n) is 13.8. The lowest BCUT2D eigenvalue weighted by atomic mass is 10.2. The SMILES string of the molecule is CSc1ccc(N2CCN(C)CC2)cc1NC(=O)c1coc(N)n1. The van der Waals surface area contributed by atoms with Crippen LogP contribution in [0.15, 0.2) is 33.8 Å². The predicted molar refractivity (Wildman–Crippen MR) is 96.8 cm³/mol. The van der Waals surface area contributed by atoms with Crippen LogP contribution in [0.4, 0.5) is 17.4 Å². The molecule has 2 aromatic rings. The van der Waals surface area contributed by atoms with Crippen molar-refractivity contribution < 1.29 is 9.21 Å². The van der Waals surface area contributed by atoms with Crippen molar-refractivity contribution in [2.24, 2.45) is 0 Å². The van der Waals surface area contributed by atoms with Crippen LogP contribution < -0.4 is 16.0 Å². The van der Waals surface area contributed by atoms with Crippen LogP contribution in [-0.4, -0.2) is 55.3 Å². The number of hydrogen-bond acceptors (Lipinski definition) is 7. The van der Waals surface area contributed by atoms with Crippen molar-refractivity contribution in [1.82, 2.24) is 9.88 Å². The summed E-state index contributed by atoms with van der Waals surface area (Å²) in [6.07, 6.45) is 3.24. The van der Waals surface area contributed by atoms with E-state index in [1.54, 1.807) is 11.8 Å². The maximum atomic E-state index is 12.3. The van der Waals surface area contributed by atoms with Gasteiger partial charge in [-0.2, -0.15) is 4.98 Å². The van der Waals surface area contributed by atoms with Crippen LogP contribution >= 0.6 is 11.8 Å². The third-order valence-electron chi connectivity index (χ3n) is 4.05. The second-order valence-corrected chi connectivity index (χ2v) is 6.55. The molecule has 0 spiro atoms. The Bertz CT molecular complexity index is 725. The van der Waals surface area contributed by atoms with Crippen LogP contribution in [0.2, 0.25) is 0 Å². The number of carbonyl (C=O) groups is 1. The van der Waals surface area contributed by atoms with E-state index < -0.39 is 0 Å². The van der Waals surface area contributed by atoms with Crippen molar-refractivity contribution in [3.8, 4) is 0 Å². The Hall–Kier alpha value is -2.19. The van der Waals surface area contributed by atoms with Crippen molar-refractivity contribution in [2.45, 2.75) is 4.90 Å². The first-order valence-corrected chi connectivity index (χ1v) is 8.93. The van der Waals surface area contributed by atoms with E-state index in [1.807, 2.05) is 18.4 Å². The Morgan fingerprint density at radius 2 is 2.08 bits per heavy atom. The van der Waals surface area contributed by atoms with E-state index in [9.17, 15) is 4.79 Å². The lowest BCUT2D eigenvalue weighted by Gasteiger charge is -2.34. The zero-order chi connectivity index (χ0) is 17.1. The molecule has 1 aliphatic rings. The maximum Gasteiger partial charge on any atom is 0.292 e. The van der Waals surface area contributed by atoms with Gasteiger partial charge in [-0.25, -0.2) is 0 Å². The Labute approximate surface area is 145 Å². The van der Waals surface area contributed by atoms with Gasteiger partial charge in [0.1, 0.15) is 6.26 Å². The molecule has 24 heavy (non-hydrogen) atoms. The minimum atomic E-state index is -0.332. The molecule has 1 amide bonds. The van der Waals surface area contributed by atoms with Crippen LogP contribution in [-0.2, 0) is 0 Å². The highest BCUT2D eigenvalue weighted by molar-refractivity contribution is 7.98. The number of oxazole rings is 1. The first kappa shape index (κ1) is 16.7. The number of rotatable bonds is 4. The molecule has 1 aromatic heterocycles. The number of nitrogens with one attached hydrogen (secondary N) is 1. The van der Waals surface area contributed by atoms with Crippen LogP contribution in [0.25, 0.3) is 0 Å². The minimum Gasteiger partial charge on any atom is -0.431 e. The quantitative estimate of drug-likeness (QED) is 0.818. The molecule has 1 fully saturated rings. The number of carbonyl (C=O) groups excluding carboxylic acids is 1. The molecule has 1 aliphatic heterocycles. The standard InChI is InChI=1S/C16H21N5O2S/c1-20-5-7-21(8-6-20)11-3-4-14(24-2)12(9-11)18-15(22)13-10-23-16(17)19-13/h3-4,9-10H,5-8H2,1-2H3,(H2,17,19)(H,18,22). The predicted octanol–water partition coefficient (Wildman–Crippen LogP) is 1.98. The molecule has 0 unspecified atom stereocenters. The fourth-order valence-electron chi connectivity index (χ4n) is 2.63. The van der Waals surface area contributed by atoms with Gasteiger partial charge in [-0.1, -0.05) is 0 Å². The van der Waals surface area contributed by atoms with Gasteiger partial charge in [-0.3, -0.25) is 4.79 Å². The van der Waals surface area contributed by atoms with E-state index in [0.29, 0.717) is 0 Å². The number of aromatic nitrogens is 1. The number of nitrogen functional groups attached to an aromatic ring is 1. The summed E-state index contributed by atoms with van der Waals surface area (Å²) in [6, 6.07) is 6.13. The molecule has 1 aromatic carbocycles. The molecular formula is C16H21N5O2S. The van der Waals surface area contributed by atoms with Gasteiger partial charge in [0.15, 0.2) is 5.69 Å². The normalized spacial score (nSPS) is 15.5. The van der Waals surface area contributed by atoms with Crippen molar-refractivity contribution >= 4 is 35.1 Å². The zero-order valence-corrected chi connectivity index (χ0v) is 14.6. The highest BCUT2D eigenvalue weighted by Gasteiger charge is 2.17. The fraction of sp³-hybridized carbons (Fsp3) is 0.375. The number of amides is 1. The number of hydrogen-bond donors (Lipinski definition) is 2. The second-order valence-electron chi connectivity index (χ2n) is 5.70. The molecule has 0 bridgehead atoms. The Morgan fingerprint density at radius 1 is 1.33 bits per heavy atom. The molecule has 3 rings (SSSR count). The third-order valence-corrected chi connectivity index (χ3v) is 4.85. The number of likely N-dealkylation sites (N-methyl/N-ethyl adjacent to an activating group) is 1. The van der Waals surface area contributed by atoms with Gasteiger partial charge in [-0.05, 0) is 31.5 Å². The van der Waals surface area contributed by atoms with Crippen molar-refractivity contribution in [3.63, 3.8) is 0 Å². The van der Waals surface area contributed by atoms with Gasteiger partial charge in [0.05, 0.1) is 5.69 Å². The second kappa shape index (κ2) is 7.14. The van der Waals surface area contributed by atoms with E-state index in [4.69, 9.17) is 10.2 Å². The molecule has 7 nitrogen and oxygen atoms in total. The van der Waals surface area contributed by atoms with E-state index >= 15 is 0 Å². The van der Waals surface area contributed by atoms with Crippen LogP contribution in [0.1, 0.15) is 10.5 Å². The Kier molecular flexibility index (Phi) is 4.96. The summed E-state index contributed by atoms with van der Waals surface area (Å²) in [6.45, 7) is 4.01. The third kappa shape index (κ3) is 3.65. The van der Waals surface area contributed by atoms with E-state index in [-0.39, 0.29) is 17.6 Å². The molecule has 3 N–H and O–H groups in total. The van der Waals surface area contributed by atoms with Gasteiger partial charge < -0.3 is 25.3 Å². The minimum absolute atomic E-state index is 0.0172. The lowest BCUT2D eigenvalue weighted by molar-refractivity contribution is 0.102. The summed E-state index contributed by atoms with van der Waals surface area (Å²) in [7, 11) is 2.13. The van der Waals surface area contributed by atoms with Crippen LogP contribution in [0, 0.1) is 0 Å². The van der Waals surface area contributed by atoms with Crippen LogP contribution in [0.3, 0.4) is 0 Å². The Morgan fingerprint density at radius 3 is 2.71 bits per heavy atom. The summed E-state index contributed by atoms with van der Waals surface area (Å²) in [5.74, 6) is -0.332. The van der Waals surface area contributed by atoms with Crippen molar-refractivity contribution in [1.29, 1.82) is 0 Å². The summed E-state index contributed by atoms with van der Waals surface area (Å²) in [5.41, 5.74) is 7.47. The molecule has 0 saturated carbocycles. The molecule has 128 valence electrons. The van der Waals surface area contributed by atoms with Crippen molar-refractivity contribution in [3.05, 3.63) is 30.2 Å². The summed E-state index contributed by atoms with van der Waals surface area (Å²) in [5, 5.41) is 2.90. The number of anilines is 3. The van der Waals surface area contributed by atoms with Gasteiger partial charge in [0.25, 0.3) is 11.9 Å². The summed E-state index contributed by atoms with van der Waals surface area (Å²) >= 11 is 1.58. The average Bonchev–Trinajstić information content (AvgIpc) is 3.02. The number of nitrogens with zero attached hydrogens (tertiary/aromatic N) is 3. The Balaban J connectivity index is 1.80. The van der Waals surface area contributed by atoms with Crippen LogP contribution in [0.5, 0.6) is 0 Å². The van der Waals surface area contributed by atoms with Gasteiger partial charge >= 0.3 is 0 Å². The van der Waals surface area contributed by atoms with E-state index in [0.717, 1.165) is 42.4 Å². The van der Waals surface area contributed by atoms with Gasteiger partial charge in [0, 0.05) is 36.8 Å². The lowest BCUT2D eigenvalue weighted by Crippen LogP contribution is -2.44. The van der Waals surface area contributed by atoms with Gasteiger partial charge in [0.2, 0.25) is 0 Å². The number of piperazine rings is 1. The van der Waals surface area contributed by atoms with E-state index in [1.165, 1.54) is 6.26 Å². The monoisotopic (exact) mass is 347 g/mol. The molecule has 2 heterocycles. The van der Waals surface area contributed by atoms with E-state index in [2.05, 4.69) is 33.2 Å². The molecule has 1 saturated heterocycles. The topological polar surface area (TPSA) is 87.6 Å². The number of thioether (sulfide) groups is 1. The molecular weight excluding hydrogens is 326 g/mol. The highest BCUT2D eigenvalue weighted by atomic mass is 32.2. The number of benzene rings is 1. The molecule has 0 atom stereocenters. The number of nitrogens with two attached hydrogens (primary N) is 1. The molecule has 8 heteroatoms. The largest absolute Gasteiger partial charge is 0.431 e. The van der Waals surface area contributed by atoms with Gasteiger partial charge in [-0.15, -0.1) is 11.8 Å². The molecule has 0 radical (unpaired) electrons. The van der Waals surface area contributed by atoms with Crippen molar-refractivity contribution in [2.75, 3.05) is 55.4 Å². The summed E-state index contributed by atoms with van der Waals surface area (Å²) < 4.78 is 4.90. The first-order valence-electron chi connectivity index (χ1n) is 7.70. The maximum absolute atomic E-state index is 12.3.